The summed E-state index contributed by atoms with van der Waals surface area (Å²) >= 11 is 0. The molecule has 0 N–H and O–H groups in total. The van der Waals surface area contributed by atoms with Crippen LogP contribution < -0.4 is 0 Å². The average Bonchev–Trinajstić information content (AvgIpc) is 3.61. The van der Waals surface area contributed by atoms with Crippen molar-refractivity contribution in [1.29, 1.82) is 0 Å². The minimum Gasteiger partial charge on any atom is -0.309 e. The van der Waals surface area contributed by atoms with Crippen molar-refractivity contribution in [2.75, 3.05) is 0 Å². The number of hydrogen-bond donors (Lipinski definition) is 0. The summed E-state index contributed by atoms with van der Waals surface area (Å²) in [5.74, 6) is 1.89. The lowest BCUT2D eigenvalue weighted by Crippen LogP contribution is -2.00. The Kier molecular flexibility index (Phi) is 8.12. The Morgan fingerprint density at radius 2 is 0.673 bits per heavy atom. The van der Waals surface area contributed by atoms with Crippen molar-refractivity contribution in [3.05, 3.63) is 206 Å². The molecule has 0 amide bonds. The van der Waals surface area contributed by atoms with Gasteiger partial charge in [0, 0.05) is 33.2 Å². The van der Waals surface area contributed by atoms with Crippen molar-refractivity contribution in [3.63, 3.8) is 0 Å². The van der Waals surface area contributed by atoms with Crippen molar-refractivity contribution < 1.29 is 0 Å². The van der Waals surface area contributed by atoms with Gasteiger partial charge < -0.3 is 4.57 Å². The van der Waals surface area contributed by atoms with Crippen molar-refractivity contribution in [2.45, 2.75) is 0 Å². The lowest BCUT2D eigenvalue weighted by atomic mass is 9.99. The van der Waals surface area contributed by atoms with Crippen LogP contribution in [-0.2, 0) is 0 Å². The van der Waals surface area contributed by atoms with Crippen LogP contribution in [0.2, 0.25) is 0 Å². The summed E-state index contributed by atoms with van der Waals surface area (Å²) in [6.45, 7) is 0. The zero-order valence-corrected chi connectivity index (χ0v) is 29.9. The first-order valence-corrected chi connectivity index (χ1v) is 18.5. The van der Waals surface area contributed by atoms with E-state index in [9.17, 15) is 0 Å². The molecule has 0 atom stereocenters. The molecule has 0 aliphatic heterocycles. The van der Waals surface area contributed by atoms with Crippen molar-refractivity contribution in [3.8, 4) is 73.2 Å². The van der Waals surface area contributed by atoms with E-state index in [2.05, 4.69) is 174 Å². The number of para-hydroxylation sites is 1. The zero-order valence-electron chi connectivity index (χ0n) is 29.9. The highest BCUT2D eigenvalue weighted by Crippen LogP contribution is 2.37. The molecular weight excluding hydrogens is 669 g/mol. The van der Waals surface area contributed by atoms with Crippen LogP contribution in [0.3, 0.4) is 0 Å². The summed E-state index contributed by atoms with van der Waals surface area (Å²) in [6, 6.07) is 72.3. The molecule has 0 unspecified atom stereocenters. The topological polar surface area (TPSA) is 43.6 Å². The SMILES string of the molecule is c1ccc(-c2cccc(-c3cccc(-n4c5ccccc5c5ccc(-c6nc(-c7ccccc7)nc(-c7cccc(-c8ccccc8)c7)n6)cc54)c3)c2)cc1. The highest BCUT2D eigenvalue weighted by atomic mass is 15.0. The van der Waals surface area contributed by atoms with Crippen LogP contribution in [-0.4, -0.2) is 19.5 Å². The number of benzene rings is 8. The molecule has 0 bridgehead atoms. The van der Waals surface area contributed by atoms with Crippen LogP contribution in [0, 0.1) is 0 Å². The van der Waals surface area contributed by atoms with Crippen LogP contribution in [0.4, 0.5) is 0 Å². The number of rotatable bonds is 7. The van der Waals surface area contributed by atoms with Gasteiger partial charge in [0.05, 0.1) is 11.0 Å². The van der Waals surface area contributed by atoms with Gasteiger partial charge in [-0.3, -0.25) is 0 Å². The van der Waals surface area contributed by atoms with Crippen molar-refractivity contribution in [2.24, 2.45) is 0 Å². The molecular formula is C51H34N4. The van der Waals surface area contributed by atoms with Gasteiger partial charge in [0.1, 0.15) is 0 Å². The summed E-state index contributed by atoms with van der Waals surface area (Å²) in [5, 5.41) is 2.36. The molecule has 2 aromatic heterocycles. The molecule has 258 valence electrons. The molecule has 10 aromatic rings. The minimum absolute atomic E-state index is 0.624. The molecule has 4 nitrogen and oxygen atoms in total. The Morgan fingerprint density at radius 1 is 0.255 bits per heavy atom. The van der Waals surface area contributed by atoms with Gasteiger partial charge in [0.25, 0.3) is 0 Å². The predicted molar refractivity (Wildman–Crippen MR) is 227 cm³/mol. The number of nitrogens with zero attached hydrogens (tertiary/aromatic N) is 4. The molecule has 0 spiro atoms. The van der Waals surface area contributed by atoms with Gasteiger partial charge in [-0.1, -0.05) is 170 Å². The van der Waals surface area contributed by atoms with Gasteiger partial charge in [0.15, 0.2) is 17.5 Å². The second kappa shape index (κ2) is 13.8. The molecule has 0 aliphatic rings. The standard InChI is InChI=1S/C51H34N4/c1-4-15-35(16-5-1)38-21-12-23-40(31-38)41-24-14-26-44(33-41)55-47-28-11-10-27-45(47)46-30-29-43(34-48(46)55)51-53-49(37-19-8-3-9-20-37)52-50(54-51)42-25-13-22-39(32-42)36-17-6-2-7-18-36/h1-34H. The maximum atomic E-state index is 5.15. The second-order valence-corrected chi connectivity index (χ2v) is 13.7. The van der Waals surface area contributed by atoms with Crippen molar-refractivity contribution in [1.82, 2.24) is 19.5 Å². The first-order valence-electron chi connectivity index (χ1n) is 18.5. The quantitative estimate of drug-likeness (QED) is 0.166. The maximum absolute atomic E-state index is 5.15. The molecule has 4 heteroatoms. The normalized spacial score (nSPS) is 11.3. The first kappa shape index (κ1) is 32.2. The van der Waals surface area contributed by atoms with Crippen LogP contribution >= 0.6 is 0 Å². The van der Waals surface area contributed by atoms with Crippen LogP contribution in [0.1, 0.15) is 0 Å². The molecule has 0 saturated heterocycles. The fourth-order valence-corrected chi connectivity index (χ4v) is 7.54. The maximum Gasteiger partial charge on any atom is 0.164 e. The first-order chi connectivity index (χ1) is 27.2. The van der Waals surface area contributed by atoms with Gasteiger partial charge in [-0.2, -0.15) is 0 Å². The summed E-state index contributed by atoms with van der Waals surface area (Å²) in [5.41, 5.74) is 13.1. The lowest BCUT2D eigenvalue weighted by Gasteiger charge is -2.12. The Labute approximate surface area is 319 Å². The van der Waals surface area contributed by atoms with E-state index in [1.54, 1.807) is 0 Å². The summed E-state index contributed by atoms with van der Waals surface area (Å²) in [6.07, 6.45) is 0. The largest absolute Gasteiger partial charge is 0.309 e. The monoisotopic (exact) mass is 702 g/mol. The number of fused-ring (bicyclic) bond motifs is 3. The van der Waals surface area contributed by atoms with Crippen LogP contribution in [0.25, 0.3) is 95.0 Å². The van der Waals surface area contributed by atoms with E-state index in [4.69, 9.17) is 15.0 Å². The highest BCUT2D eigenvalue weighted by molar-refractivity contribution is 6.10. The fourth-order valence-electron chi connectivity index (χ4n) is 7.54. The minimum atomic E-state index is 0.624. The number of aromatic nitrogens is 4. The Balaban J connectivity index is 1.13. The van der Waals surface area contributed by atoms with E-state index in [0.29, 0.717) is 17.5 Å². The van der Waals surface area contributed by atoms with E-state index in [1.165, 1.54) is 27.5 Å². The molecule has 0 aliphatic carbocycles. The molecule has 0 fully saturated rings. The van der Waals surface area contributed by atoms with E-state index < -0.39 is 0 Å². The van der Waals surface area contributed by atoms with Crippen molar-refractivity contribution >= 4 is 21.8 Å². The molecule has 2 heterocycles. The third-order valence-electron chi connectivity index (χ3n) is 10.2. The van der Waals surface area contributed by atoms with E-state index >= 15 is 0 Å². The smallest absolute Gasteiger partial charge is 0.164 e. The molecule has 55 heavy (non-hydrogen) atoms. The fraction of sp³-hybridized carbons (Fsp3) is 0. The van der Waals surface area contributed by atoms with Gasteiger partial charge in [-0.25, -0.2) is 15.0 Å². The summed E-state index contributed by atoms with van der Waals surface area (Å²) in [4.78, 5) is 15.3. The molecule has 0 radical (unpaired) electrons. The Bertz CT molecular complexity index is 2970. The summed E-state index contributed by atoms with van der Waals surface area (Å²) in [7, 11) is 0. The van der Waals surface area contributed by atoms with E-state index in [1.807, 2.05) is 36.4 Å². The Hall–Kier alpha value is -7.43. The molecule has 8 aromatic carbocycles. The Morgan fingerprint density at radius 3 is 1.31 bits per heavy atom. The zero-order chi connectivity index (χ0) is 36.6. The number of hydrogen-bond acceptors (Lipinski definition) is 3. The average molecular weight is 703 g/mol. The van der Waals surface area contributed by atoms with Gasteiger partial charge in [0.2, 0.25) is 0 Å². The van der Waals surface area contributed by atoms with Crippen LogP contribution in [0.15, 0.2) is 206 Å². The molecule has 0 saturated carbocycles. The van der Waals surface area contributed by atoms with Crippen LogP contribution in [0.5, 0.6) is 0 Å². The van der Waals surface area contributed by atoms with Gasteiger partial charge in [-0.15, -0.1) is 0 Å². The summed E-state index contributed by atoms with van der Waals surface area (Å²) < 4.78 is 2.36. The predicted octanol–water partition coefficient (Wildman–Crippen LogP) is 13.0. The van der Waals surface area contributed by atoms with Gasteiger partial charge in [-0.05, 0) is 69.8 Å². The third-order valence-corrected chi connectivity index (χ3v) is 10.2. The van der Waals surface area contributed by atoms with E-state index in [-0.39, 0.29) is 0 Å². The third kappa shape index (κ3) is 6.16. The lowest BCUT2D eigenvalue weighted by molar-refractivity contribution is 1.07. The van der Waals surface area contributed by atoms with E-state index in [0.717, 1.165) is 50.1 Å². The van der Waals surface area contributed by atoms with Gasteiger partial charge >= 0.3 is 0 Å². The highest BCUT2D eigenvalue weighted by Gasteiger charge is 2.17. The molecule has 10 rings (SSSR count). The second-order valence-electron chi connectivity index (χ2n) is 13.7.